The van der Waals surface area contributed by atoms with E-state index in [1.807, 2.05) is 48.0 Å². The van der Waals surface area contributed by atoms with E-state index >= 15 is 0 Å². The zero-order valence-electron chi connectivity index (χ0n) is 15.1. The van der Waals surface area contributed by atoms with Crippen LogP contribution in [0.4, 0.5) is 0 Å². The van der Waals surface area contributed by atoms with Crippen molar-refractivity contribution in [1.29, 1.82) is 5.26 Å². The van der Waals surface area contributed by atoms with Crippen LogP contribution in [0.15, 0.2) is 53.8 Å². The van der Waals surface area contributed by atoms with Crippen LogP contribution in [0.2, 0.25) is 0 Å². The van der Waals surface area contributed by atoms with Gasteiger partial charge in [0.2, 0.25) is 5.78 Å². The van der Waals surface area contributed by atoms with Crippen LogP contribution in [-0.2, 0) is 11.8 Å². The topological polar surface area (TPSA) is 66.1 Å². The third-order valence-corrected chi connectivity index (χ3v) is 5.28. The fraction of sp³-hybridized carbons (Fsp3) is 0.250. The number of para-hydroxylation sites is 1. The number of hydrogen-bond acceptors (Lipinski definition) is 4. The molecule has 1 aliphatic rings. The van der Waals surface area contributed by atoms with Crippen molar-refractivity contribution < 1.29 is 9.59 Å². The van der Waals surface area contributed by atoms with Gasteiger partial charge in [0.1, 0.15) is 6.07 Å². The number of likely N-dealkylation sites (N-methyl/N-ethyl adjacent to an activating group) is 1. The number of rotatable bonds is 4. The third kappa shape index (κ3) is 3.81. The highest BCUT2D eigenvalue weighted by Gasteiger charge is 2.39. The van der Waals surface area contributed by atoms with Crippen molar-refractivity contribution in [3.8, 4) is 6.07 Å². The van der Waals surface area contributed by atoms with E-state index in [0.29, 0.717) is 5.69 Å². The lowest BCUT2D eigenvalue weighted by atomic mass is 9.92. The van der Waals surface area contributed by atoms with E-state index in [1.165, 1.54) is 6.08 Å². The Morgan fingerprint density at radius 3 is 2.50 bits per heavy atom. The second-order valence-electron chi connectivity index (χ2n) is 6.58. The van der Waals surface area contributed by atoms with E-state index in [4.69, 9.17) is 34.8 Å². The highest BCUT2D eigenvalue weighted by Crippen LogP contribution is 2.35. The molecule has 2 aromatic rings. The zero-order chi connectivity index (χ0) is 20.6. The average molecular weight is 437 g/mol. The molecule has 0 spiro atoms. The normalized spacial score (nSPS) is 17.1. The summed E-state index contributed by atoms with van der Waals surface area (Å²) >= 11 is 17.4. The number of halogens is 3. The Kier molecular flexibility index (Phi) is 5.58. The molecule has 28 heavy (non-hydrogen) atoms. The molecule has 1 aromatic carbocycles. The highest BCUT2D eigenvalue weighted by atomic mass is 35.6. The smallest absolute Gasteiger partial charge is 0.253 e. The predicted molar refractivity (Wildman–Crippen MR) is 110 cm³/mol. The monoisotopic (exact) mass is 435 g/mol. The van der Waals surface area contributed by atoms with Gasteiger partial charge < -0.3 is 9.47 Å². The van der Waals surface area contributed by atoms with Gasteiger partial charge in [-0.2, -0.15) is 5.26 Å². The Bertz CT molecular complexity index is 1070. The van der Waals surface area contributed by atoms with Crippen LogP contribution < -0.4 is 0 Å². The van der Waals surface area contributed by atoms with Crippen LogP contribution in [0.5, 0.6) is 0 Å². The number of aryl methyl sites for hydroxylation is 1. The van der Waals surface area contributed by atoms with Gasteiger partial charge in [0, 0.05) is 43.2 Å². The molecule has 0 bridgehead atoms. The Morgan fingerprint density at radius 1 is 1.21 bits per heavy atom. The van der Waals surface area contributed by atoms with E-state index < -0.39 is 15.6 Å². The average Bonchev–Trinajstić information content (AvgIpc) is 2.99. The number of nitriles is 1. The molecule has 0 radical (unpaired) electrons. The number of nitrogens with zero attached hydrogens (tertiary/aromatic N) is 3. The molecule has 1 unspecified atom stereocenters. The van der Waals surface area contributed by atoms with Crippen molar-refractivity contribution in [2.24, 2.45) is 7.05 Å². The van der Waals surface area contributed by atoms with E-state index in [9.17, 15) is 14.9 Å². The van der Waals surface area contributed by atoms with Gasteiger partial charge in [0.05, 0.1) is 17.3 Å². The van der Waals surface area contributed by atoms with Gasteiger partial charge in [-0.25, -0.2) is 0 Å². The molecular weight excluding hydrogens is 421 g/mol. The lowest BCUT2D eigenvalue weighted by Gasteiger charge is -2.32. The van der Waals surface area contributed by atoms with Gasteiger partial charge in [-0.05, 0) is 18.2 Å². The number of carbonyl (C=O) groups excluding carboxylic acids is 2. The fourth-order valence-electron chi connectivity index (χ4n) is 3.36. The number of aromatic nitrogens is 1. The first-order valence-electron chi connectivity index (χ1n) is 8.38. The van der Waals surface area contributed by atoms with E-state index in [1.54, 1.807) is 18.1 Å². The maximum atomic E-state index is 13.0. The molecule has 5 nitrogen and oxygen atoms in total. The van der Waals surface area contributed by atoms with Crippen LogP contribution >= 0.6 is 34.8 Å². The summed E-state index contributed by atoms with van der Waals surface area (Å²) in [5.74, 6) is -0.910. The second kappa shape index (κ2) is 7.63. The Hall–Kier alpha value is -2.26. The van der Waals surface area contributed by atoms with Crippen molar-refractivity contribution in [1.82, 2.24) is 9.47 Å². The first kappa shape index (κ1) is 20.5. The first-order chi connectivity index (χ1) is 13.1. The Labute approximate surface area is 177 Å². The minimum Gasteiger partial charge on any atom is -0.372 e. The minimum absolute atomic E-state index is 0.00576. The van der Waals surface area contributed by atoms with Gasteiger partial charge in [-0.3, -0.25) is 9.59 Å². The van der Waals surface area contributed by atoms with Crippen molar-refractivity contribution in [3.63, 3.8) is 0 Å². The number of alkyl halides is 3. The van der Waals surface area contributed by atoms with E-state index in [0.717, 1.165) is 10.9 Å². The number of hydrogen-bond donors (Lipinski definition) is 0. The molecular formula is C20H16Cl3N3O2. The van der Waals surface area contributed by atoms with Crippen molar-refractivity contribution >= 4 is 57.3 Å². The molecule has 1 aromatic heterocycles. The fourth-order valence-corrected chi connectivity index (χ4v) is 3.69. The summed E-state index contributed by atoms with van der Waals surface area (Å²) in [5.41, 5.74) is 1.81. The van der Waals surface area contributed by atoms with Crippen LogP contribution in [0.1, 0.15) is 16.9 Å². The predicted octanol–water partition coefficient (Wildman–Crippen LogP) is 4.34. The molecule has 1 aliphatic heterocycles. The molecule has 8 heteroatoms. The first-order valence-corrected chi connectivity index (χ1v) is 9.51. The molecule has 0 N–H and O–H groups in total. The largest absolute Gasteiger partial charge is 0.372 e. The van der Waals surface area contributed by atoms with E-state index in [2.05, 4.69) is 0 Å². The quantitative estimate of drug-likeness (QED) is 0.528. The lowest BCUT2D eigenvalue weighted by Crippen LogP contribution is -2.40. The number of Topliss-reactive ketones (excluding diaryl/α,β-unsaturated/α-hetero) is 2. The minimum atomic E-state index is -2.18. The van der Waals surface area contributed by atoms with Gasteiger partial charge >= 0.3 is 0 Å². The Balaban J connectivity index is 1.96. The molecule has 1 atom stereocenters. The summed E-state index contributed by atoms with van der Waals surface area (Å²) < 4.78 is -0.358. The van der Waals surface area contributed by atoms with Gasteiger partial charge in [-0.1, -0.05) is 53.0 Å². The standard InChI is InChI=1S/C20H16Cl3N3O2/c1-25-11-12(10-24)7-14(19(28)20(21,22)23)16(25)9-18(27)17-8-13-5-3-4-6-15(13)26(17)2/h3-8,11,16H,9H2,1-2H3. The number of benzene rings is 1. The van der Waals surface area contributed by atoms with Crippen LogP contribution in [0.25, 0.3) is 10.9 Å². The Morgan fingerprint density at radius 2 is 1.89 bits per heavy atom. The van der Waals surface area contributed by atoms with Crippen LogP contribution in [0.3, 0.4) is 0 Å². The molecule has 144 valence electrons. The van der Waals surface area contributed by atoms with Gasteiger partial charge in [0.25, 0.3) is 3.79 Å². The van der Waals surface area contributed by atoms with Crippen LogP contribution in [0, 0.1) is 11.3 Å². The number of carbonyl (C=O) groups is 2. The van der Waals surface area contributed by atoms with Gasteiger partial charge in [-0.15, -0.1) is 0 Å². The SMILES string of the molecule is CN1C=C(C#N)C=C(C(=O)C(Cl)(Cl)Cl)C1CC(=O)c1cc2ccccc2n1C. The van der Waals surface area contributed by atoms with Crippen molar-refractivity contribution in [2.75, 3.05) is 7.05 Å². The summed E-state index contributed by atoms with van der Waals surface area (Å²) in [6, 6.07) is 10.8. The molecule has 0 saturated heterocycles. The van der Waals surface area contributed by atoms with Crippen molar-refractivity contribution in [3.05, 3.63) is 59.4 Å². The molecule has 2 heterocycles. The molecule has 0 amide bonds. The molecule has 0 aliphatic carbocycles. The summed E-state index contributed by atoms with van der Waals surface area (Å²) in [7, 11) is 3.49. The number of ketones is 2. The summed E-state index contributed by atoms with van der Waals surface area (Å²) in [6.45, 7) is 0. The molecule has 3 rings (SSSR count). The zero-order valence-corrected chi connectivity index (χ0v) is 17.4. The van der Waals surface area contributed by atoms with Crippen LogP contribution in [-0.4, -0.2) is 37.9 Å². The molecule has 0 saturated carbocycles. The summed E-state index contributed by atoms with van der Waals surface area (Å²) in [5, 5.41) is 10.2. The summed E-state index contributed by atoms with van der Waals surface area (Å²) in [6.07, 6.45) is 2.94. The molecule has 0 fully saturated rings. The van der Waals surface area contributed by atoms with Gasteiger partial charge in [0.15, 0.2) is 5.78 Å². The number of allylic oxidation sites excluding steroid dienone is 2. The lowest BCUT2D eigenvalue weighted by molar-refractivity contribution is -0.115. The van der Waals surface area contributed by atoms with E-state index in [-0.39, 0.29) is 23.4 Å². The highest BCUT2D eigenvalue weighted by molar-refractivity contribution is 6.77. The second-order valence-corrected chi connectivity index (χ2v) is 8.86. The maximum Gasteiger partial charge on any atom is 0.253 e. The summed E-state index contributed by atoms with van der Waals surface area (Å²) in [4.78, 5) is 27.3. The number of fused-ring (bicyclic) bond motifs is 1. The third-order valence-electron chi connectivity index (χ3n) is 4.77. The maximum absolute atomic E-state index is 13.0. The van der Waals surface area contributed by atoms with Crippen molar-refractivity contribution in [2.45, 2.75) is 16.3 Å².